The predicted octanol–water partition coefficient (Wildman–Crippen LogP) is 2.86. The number of halogens is 1. The molecular weight excluding hydrogens is 416 g/mol. The Morgan fingerprint density at radius 1 is 1.21 bits per heavy atom. The summed E-state index contributed by atoms with van der Waals surface area (Å²) < 4.78 is 37.7. The Kier molecular flexibility index (Phi) is 6.79. The normalized spacial score (nSPS) is 16.2. The fourth-order valence-electron chi connectivity index (χ4n) is 3.15. The molecule has 0 unspecified atom stereocenters. The lowest BCUT2D eigenvalue weighted by Crippen LogP contribution is -2.40. The van der Waals surface area contributed by atoms with E-state index in [1.807, 2.05) is 25.1 Å². The van der Waals surface area contributed by atoms with Crippen LogP contribution in [0, 0.1) is 0 Å². The molecule has 29 heavy (non-hydrogen) atoms. The first kappa shape index (κ1) is 21.6. The number of amides is 1. The van der Waals surface area contributed by atoms with E-state index in [-0.39, 0.29) is 34.6 Å². The van der Waals surface area contributed by atoms with Crippen LogP contribution in [0.2, 0.25) is 5.02 Å². The van der Waals surface area contributed by atoms with Crippen molar-refractivity contribution < 1.29 is 22.7 Å². The molecule has 0 saturated carbocycles. The lowest BCUT2D eigenvalue weighted by molar-refractivity contribution is 0.0730. The summed E-state index contributed by atoms with van der Waals surface area (Å²) in [4.78, 5) is 12.9. The van der Waals surface area contributed by atoms with Crippen LogP contribution >= 0.6 is 11.6 Å². The van der Waals surface area contributed by atoms with Crippen molar-refractivity contribution in [3.05, 3.63) is 58.6 Å². The van der Waals surface area contributed by atoms with Gasteiger partial charge in [-0.25, -0.2) is 8.42 Å². The molecule has 1 N–H and O–H groups in total. The Bertz CT molecular complexity index is 990. The van der Waals surface area contributed by atoms with Crippen molar-refractivity contribution in [3.63, 3.8) is 0 Å². The Morgan fingerprint density at radius 3 is 2.59 bits per heavy atom. The van der Waals surface area contributed by atoms with E-state index in [4.69, 9.17) is 21.1 Å². The maximum absolute atomic E-state index is 12.9. The number of carbonyl (C=O) groups is 1. The van der Waals surface area contributed by atoms with Crippen molar-refractivity contribution in [1.82, 2.24) is 9.62 Å². The number of carbonyl (C=O) groups excluding carboxylic acids is 1. The number of ether oxygens (including phenoxy) is 2. The summed E-state index contributed by atoms with van der Waals surface area (Å²) in [5, 5.41) is 3.03. The van der Waals surface area contributed by atoms with Crippen molar-refractivity contribution in [2.45, 2.75) is 17.9 Å². The largest absolute Gasteiger partial charge is 0.496 e. The highest BCUT2D eigenvalue weighted by Gasteiger charge is 2.28. The molecule has 9 heteroatoms. The number of para-hydroxylation sites is 1. The second-order valence-corrected chi connectivity index (χ2v) is 8.94. The predicted molar refractivity (Wildman–Crippen MR) is 110 cm³/mol. The summed E-state index contributed by atoms with van der Waals surface area (Å²) in [6, 6.07) is 11.1. The molecule has 1 saturated heterocycles. The molecule has 1 aliphatic heterocycles. The summed E-state index contributed by atoms with van der Waals surface area (Å²) in [6.45, 7) is 3.06. The van der Waals surface area contributed by atoms with Gasteiger partial charge in [0.25, 0.3) is 5.91 Å². The first-order chi connectivity index (χ1) is 13.8. The summed E-state index contributed by atoms with van der Waals surface area (Å²) in [7, 11) is -2.17. The van der Waals surface area contributed by atoms with Gasteiger partial charge in [-0.2, -0.15) is 4.31 Å². The first-order valence-electron chi connectivity index (χ1n) is 9.16. The first-order valence-corrected chi connectivity index (χ1v) is 11.0. The van der Waals surface area contributed by atoms with Gasteiger partial charge in [0.15, 0.2) is 0 Å². The molecule has 2 aromatic carbocycles. The maximum atomic E-state index is 12.9. The zero-order valence-corrected chi connectivity index (χ0v) is 17.8. The molecular formula is C20H23ClN2O5S. The summed E-state index contributed by atoms with van der Waals surface area (Å²) in [5.74, 6) is 0.183. The van der Waals surface area contributed by atoms with Crippen LogP contribution in [0.4, 0.5) is 0 Å². The minimum atomic E-state index is -3.73. The molecule has 1 atom stereocenters. The van der Waals surface area contributed by atoms with E-state index in [0.29, 0.717) is 19.0 Å². The van der Waals surface area contributed by atoms with Gasteiger partial charge >= 0.3 is 0 Å². The Morgan fingerprint density at radius 2 is 1.90 bits per heavy atom. The highest BCUT2D eigenvalue weighted by Crippen LogP contribution is 2.27. The van der Waals surface area contributed by atoms with Crippen molar-refractivity contribution in [2.24, 2.45) is 0 Å². The molecule has 0 bridgehead atoms. The third-order valence-electron chi connectivity index (χ3n) is 4.74. The number of nitrogens with one attached hydrogen (secondary N) is 1. The number of nitrogens with zero attached hydrogens (tertiary/aromatic N) is 1. The van der Waals surface area contributed by atoms with Crippen LogP contribution in [0.15, 0.2) is 47.4 Å². The van der Waals surface area contributed by atoms with Crippen LogP contribution in [0.5, 0.6) is 5.75 Å². The zero-order valence-electron chi connectivity index (χ0n) is 16.2. The monoisotopic (exact) mass is 438 g/mol. The molecule has 156 valence electrons. The van der Waals surface area contributed by atoms with E-state index < -0.39 is 15.9 Å². The van der Waals surface area contributed by atoms with Gasteiger partial charge < -0.3 is 14.8 Å². The second-order valence-electron chi connectivity index (χ2n) is 6.60. The van der Waals surface area contributed by atoms with E-state index in [2.05, 4.69) is 5.32 Å². The average Bonchev–Trinajstić information content (AvgIpc) is 2.74. The van der Waals surface area contributed by atoms with Crippen molar-refractivity contribution in [3.8, 4) is 5.75 Å². The van der Waals surface area contributed by atoms with Gasteiger partial charge in [0, 0.05) is 18.7 Å². The molecule has 0 aliphatic carbocycles. The van der Waals surface area contributed by atoms with E-state index in [1.54, 1.807) is 13.2 Å². The molecule has 1 fully saturated rings. The third kappa shape index (κ3) is 4.72. The van der Waals surface area contributed by atoms with Gasteiger partial charge in [-0.1, -0.05) is 29.8 Å². The topological polar surface area (TPSA) is 84.9 Å². The zero-order chi connectivity index (χ0) is 21.0. The molecule has 3 rings (SSSR count). The van der Waals surface area contributed by atoms with E-state index in [0.717, 1.165) is 5.56 Å². The molecule has 0 aromatic heterocycles. The molecule has 0 radical (unpaired) electrons. The molecule has 0 spiro atoms. The molecule has 1 amide bonds. The van der Waals surface area contributed by atoms with E-state index >= 15 is 0 Å². The molecule has 2 aromatic rings. The molecule has 7 nitrogen and oxygen atoms in total. The van der Waals surface area contributed by atoms with Gasteiger partial charge in [-0.15, -0.1) is 0 Å². The van der Waals surface area contributed by atoms with Crippen LogP contribution in [0.1, 0.15) is 28.9 Å². The van der Waals surface area contributed by atoms with E-state index in [1.165, 1.54) is 22.5 Å². The third-order valence-corrected chi connectivity index (χ3v) is 6.97. The number of hydrogen-bond acceptors (Lipinski definition) is 5. The van der Waals surface area contributed by atoms with Crippen LogP contribution in [0.25, 0.3) is 0 Å². The van der Waals surface area contributed by atoms with Crippen molar-refractivity contribution in [2.75, 3.05) is 33.4 Å². The summed E-state index contributed by atoms with van der Waals surface area (Å²) in [5.41, 5.74) is 0.902. The van der Waals surface area contributed by atoms with Crippen molar-refractivity contribution in [1.29, 1.82) is 0 Å². The highest BCUT2D eigenvalue weighted by molar-refractivity contribution is 7.89. The van der Waals surface area contributed by atoms with Gasteiger partial charge in [-0.3, -0.25) is 4.79 Å². The second kappa shape index (κ2) is 9.13. The number of morpholine rings is 1. The number of rotatable bonds is 6. The average molecular weight is 439 g/mol. The summed E-state index contributed by atoms with van der Waals surface area (Å²) >= 11 is 6.20. The van der Waals surface area contributed by atoms with Gasteiger partial charge in [0.05, 0.1) is 41.8 Å². The SMILES string of the molecule is COc1ccccc1[C@H](C)NC(=O)c1cc(S(=O)(=O)N2CCOCC2)ccc1Cl. The number of methoxy groups -OCH3 is 1. The van der Waals surface area contributed by atoms with Crippen LogP contribution in [0.3, 0.4) is 0 Å². The van der Waals surface area contributed by atoms with Crippen molar-refractivity contribution >= 4 is 27.5 Å². The lowest BCUT2D eigenvalue weighted by Gasteiger charge is -2.26. The van der Waals surface area contributed by atoms with Gasteiger partial charge in [0.1, 0.15) is 5.75 Å². The molecule has 1 heterocycles. The smallest absolute Gasteiger partial charge is 0.253 e. The van der Waals surface area contributed by atoms with Crippen LogP contribution in [-0.4, -0.2) is 52.0 Å². The summed E-state index contributed by atoms with van der Waals surface area (Å²) in [6.07, 6.45) is 0. The Labute approximate surface area is 175 Å². The minimum absolute atomic E-state index is 0.0268. The number of benzene rings is 2. The maximum Gasteiger partial charge on any atom is 0.253 e. The Balaban J connectivity index is 1.85. The fourth-order valence-corrected chi connectivity index (χ4v) is 4.79. The van der Waals surface area contributed by atoms with Crippen LogP contribution < -0.4 is 10.1 Å². The lowest BCUT2D eigenvalue weighted by atomic mass is 10.1. The Hall–Kier alpha value is -2.13. The standard InChI is InChI=1S/C20H23ClN2O5S/c1-14(16-5-3-4-6-19(16)27-2)22-20(24)17-13-15(7-8-18(17)21)29(25,26)23-9-11-28-12-10-23/h3-8,13-14H,9-12H2,1-2H3,(H,22,24)/t14-/m0/s1. The van der Waals surface area contributed by atoms with Gasteiger partial charge in [0.2, 0.25) is 10.0 Å². The van der Waals surface area contributed by atoms with E-state index in [9.17, 15) is 13.2 Å². The molecule has 1 aliphatic rings. The van der Waals surface area contributed by atoms with Gasteiger partial charge in [-0.05, 0) is 31.2 Å². The fraction of sp³-hybridized carbons (Fsp3) is 0.350. The quantitative estimate of drug-likeness (QED) is 0.749. The minimum Gasteiger partial charge on any atom is -0.496 e. The van der Waals surface area contributed by atoms with Crippen LogP contribution in [-0.2, 0) is 14.8 Å². The number of sulfonamides is 1. The highest BCUT2D eigenvalue weighted by atomic mass is 35.5. The number of hydrogen-bond donors (Lipinski definition) is 1.